The largest absolute Gasteiger partial charge is 0.493 e. The van der Waals surface area contributed by atoms with E-state index in [1.165, 1.54) is 35.0 Å². The van der Waals surface area contributed by atoms with Crippen molar-refractivity contribution in [3.63, 3.8) is 0 Å². The van der Waals surface area contributed by atoms with E-state index in [2.05, 4.69) is 9.97 Å². The summed E-state index contributed by atoms with van der Waals surface area (Å²) in [6.45, 7) is 0.0371. The minimum Gasteiger partial charge on any atom is -0.493 e. The molecule has 33 heavy (non-hydrogen) atoms. The van der Waals surface area contributed by atoms with Gasteiger partial charge in [-0.1, -0.05) is 0 Å². The number of hydrogen-bond donors (Lipinski definition) is 1. The van der Waals surface area contributed by atoms with E-state index < -0.39 is 17.7 Å². The van der Waals surface area contributed by atoms with Crippen LogP contribution in [0.15, 0.2) is 36.8 Å². The molecule has 0 aliphatic carbocycles. The molecule has 168 valence electrons. The molecule has 11 heteroatoms. The Labute approximate surface area is 187 Å². The minimum absolute atomic E-state index is 0.0274. The predicted octanol–water partition coefficient (Wildman–Crippen LogP) is 2.62. The highest BCUT2D eigenvalue weighted by molar-refractivity contribution is 6.08. The number of amides is 1. The first-order valence-corrected chi connectivity index (χ1v) is 9.90. The fourth-order valence-electron chi connectivity index (χ4n) is 3.57. The Morgan fingerprint density at radius 2 is 2.18 bits per heavy atom. The van der Waals surface area contributed by atoms with Gasteiger partial charge in [-0.15, -0.1) is 0 Å². The Morgan fingerprint density at radius 3 is 2.88 bits per heavy atom. The highest BCUT2D eigenvalue weighted by atomic mass is 19.1. The highest BCUT2D eigenvalue weighted by Gasteiger charge is 2.27. The Kier molecular flexibility index (Phi) is 5.66. The number of hydrogen-bond acceptors (Lipinski definition) is 7. The van der Waals surface area contributed by atoms with E-state index in [0.717, 1.165) is 4.90 Å². The summed E-state index contributed by atoms with van der Waals surface area (Å²) in [6, 6.07) is 4.62. The average Bonchev–Trinajstić information content (AvgIpc) is 3.43. The second-order valence-electron chi connectivity index (χ2n) is 7.52. The van der Waals surface area contributed by atoms with Crippen LogP contribution in [0.1, 0.15) is 27.2 Å². The molecule has 0 saturated heterocycles. The smallest absolute Gasteiger partial charge is 0.414 e. The number of nitrogens with zero attached hydrogens (tertiary/aromatic N) is 6. The van der Waals surface area contributed by atoms with Crippen LogP contribution in [-0.4, -0.2) is 57.0 Å². The molecule has 2 aromatic heterocycles. The van der Waals surface area contributed by atoms with Crippen LogP contribution in [0.25, 0.3) is 5.65 Å². The molecule has 0 spiro atoms. The van der Waals surface area contributed by atoms with Crippen LogP contribution in [0.4, 0.5) is 15.1 Å². The molecule has 1 aliphatic heterocycles. The monoisotopic (exact) mass is 450 g/mol. The molecule has 0 saturated carbocycles. The number of rotatable bonds is 6. The normalized spacial score (nSPS) is 12.4. The number of anilines is 1. The summed E-state index contributed by atoms with van der Waals surface area (Å²) in [6.07, 6.45) is 4.41. The van der Waals surface area contributed by atoms with Crippen LogP contribution in [0, 0.1) is 17.1 Å². The molecule has 1 amide bonds. The zero-order chi connectivity index (χ0) is 23.7. The molecule has 0 atom stereocenters. The van der Waals surface area contributed by atoms with E-state index in [-0.39, 0.29) is 35.0 Å². The van der Waals surface area contributed by atoms with Gasteiger partial charge in [0.2, 0.25) is 5.95 Å². The maximum atomic E-state index is 14.7. The van der Waals surface area contributed by atoms with Gasteiger partial charge in [0.25, 0.3) is 0 Å². The first kappa shape index (κ1) is 21.8. The number of fused-ring (bicyclic) bond motifs is 2. The Morgan fingerprint density at radius 1 is 1.39 bits per heavy atom. The Hall–Kier alpha value is -4.46. The van der Waals surface area contributed by atoms with Crippen molar-refractivity contribution in [3.8, 4) is 11.8 Å². The lowest BCUT2D eigenvalue weighted by Gasteiger charge is -2.21. The maximum Gasteiger partial charge on any atom is 0.414 e. The first-order valence-electron chi connectivity index (χ1n) is 9.90. The summed E-state index contributed by atoms with van der Waals surface area (Å²) >= 11 is 0. The maximum absolute atomic E-state index is 14.7. The third-order valence-corrected chi connectivity index (χ3v) is 5.10. The molecule has 10 nitrogen and oxygen atoms in total. The Bertz CT molecular complexity index is 1340. The molecular weight excluding hydrogens is 431 g/mol. The van der Waals surface area contributed by atoms with Crippen molar-refractivity contribution in [1.29, 1.82) is 5.26 Å². The van der Waals surface area contributed by atoms with Crippen molar-refractivity contribution in [2.45, 2.75) is 13.0 Å². The Balaban J connectivity index is 1.83. The molecular formula is C22H19FN6O4. The van der Waals surface area contributed by atoms with Crippen molar-refractivity contribution in [3.05, 3.63) is 65.0 Å². The predicted molar refractivity (Wildman–Crippen MR) is 115 cm³/mol. The molecule has 4 rings (SSSR count). The van der Waals surface area contributed by atoms with Crippen LogP contribution >= 0.6 is 0 Å². The summed E-state index contributed by atoms with van der Waals surface area (Å²) < 4.78 is 21.4. The van der Waals surface area contributed by atoms with E-state index in [0.29, 0.717) is 24.3 Å². The number of ketones is 1. The van der Waals surface area contributed by atoms with Gasteiger partial charge in [0.1, 0.15) is 17.6 Å². The molecule has 0 bridgehead atoms. The molecule has 1 aliphatic rings. The number of aromatic nitrogens is 3. The van der Waals surface area contributed by atoms with Crippen molar-refractivity contribution >= 4 is 23.5 Å². The second-order valence-corrected chi connectivity index (χ2v) is 7.52. The number of allylic oxidation sites excluding steroid dienone is 1. The number of carboxylic acid groups (broad SMARTS) is 1. The van der Waals surface area contributed by atoms with Gasteiger partial charge >= 0.3 is 6.09 Å². The average molecular weight is 450 g/mol. The van der Waals surface area contributed by atoms with Gasteiger partial charge in [0.05, 0.1) is 24.9 Å². The number of carbonyl (C=O) groups excluding carboxylic acids is 1. The summed E-state index contributed by atoms with van der Waals surface area (Å²) in [5.41, 5.74) is 0.904. The van der Waals surface area contributed by atoms with E-state index >= 15 is 0 Å². The number of halogens is 1. The van der Waals surface area contributed by atoms with Gasteiger partial charge in [0.15, 0.2) is 17.1 Å². The summed E-state index contributed by atoms with van der Waals surface area (Å²) in [7, 11) is 3.50. The standard InChI is InChI=1S/C22H19FN6O4/c1-27(2)7-5-18(30)15-10-25-21(28-11-13(9-24)26-20(15)28)29(22(31)32)12-16-14-6-8-33-19(14)4-3-17(16)23/h3-5,7,10-11H,6,8,12H2,1-2H3,(H,31,32). The van der Waals surface area contributed by atoms with Gasteiger partial charge in [-0.2, -0.15) is 5.26 Å². The van der Waals surface area contributed by atoms with E-state index in [4.69, 9.17) is 4.74 Å². The number of carbonyl (C=O) groups is 2. The van der Waals surface area contributed by atoms with Crippen LogP contribution in [0.2, 0.25) is 0 Å². The molecule has 0 fully saturated rings. The third-order valence-electron chi connectivity index (χ3n) is 5.10. The molecule has 1 N–H and O–H groups in total. The highest BCUT2D eigenvalue weighted by Crippen LogP contribution is 2.32. The fourth-order valence-corrected chi connectivity index (χ4v) is 3.57. The molecule has 1 aromatic carbocycles. The third kappa shape index (κ3) is 4.06. The summed E-state index contributed by atoms with van der Waals surface area (Å²) in [4.78, 5) is 35.7. The van der Waals surface area contributed by atoms with Crippen LogP contribution in [0.3, 0.4) is 0 Å². The van der Waals surface area contributed by atoms with Crippen LogP contribution in [0.5, 0.6) is 5.75 Å². The molecule has 3 heterocycles. The van der Waals surface area contributed by atoms with Crippen molar-refractivity contribution in [2.75, 3.05) is 25.6 Å². The summed E-state index contributed by atoms with van der Waals surface area (Å²) in [5, 5.41) is 19.2. The zero-order valence-electron chi connectivity index (χ0n) is 17.8. The quantitative estimate of drug-likeness (QED) is 0.449. The van der Waals surface area contributed by atoms with Gasteiger partial charge in [0, 0.05) is 50.1 Å². The minimum atomic E-state index is -1.39. The molecule has 0 unspecified atom stereocenters. The van der Waals surface area contributed by atoms with E-state index in [9.17, 15) is 24.3 Å². The number of nitriles is 1. The first-order chi connectivity index (χ1) is 15.8. The van der Waals surface area contributed by atoms with Crippen molar-refractivity contribution in [2.24, 2.45) is 0 Å². The van der Waals surface area contributed by atoms with Gasteiger partial charge < -0.3 is 14.7 Å². The molecule has 0 radical (unpaired) electrons. The summed E-state index contributed by atoms with van der Waals surface area (Å²) in [5.74, 6) is -0.604. The van der Waals surface area contributed by atoms with Gasteiger partial charge in [-0.3, -0.25) is 9.20 Å². The van der Waals surface area contributed by atoms with Crippen LogP contribution in [-0.2, 0) is 13.0 Å². The second kappa shape index (κ2) is 8.58. The fraction of sp³-hybridized carbons (Fsp3) is 0.227. The van der Waals surface area contributed by atoms with Gasteiger partial charge in [-0.05, 0) is 12.1 Å². The number of ether oxygens (including phenoxy) is 1. The van der Waals surface area contributed by atoms with Crippen LogP contribution < -0.4 is 9.64 Å². The zero-order valence-corrected chi connectivity index (χ0v) is 17.8. The van der Waals surface area contributed by atoms with E-state index in [1.807, 2.05) is 6.07 Å². The van der Waals surface area contributed by atoms with Crippen molar-refractivity contribution < 1.29 is 23.8 Å². The van der Waals surface area contributed by atoms with Gasteiger partial charge in [-0.25, -0.2) is 24.1 Å². The lowest BCUT2D eigenvalue weighted by molar-refractivity contribution is 0.104. The SMILES string of the molecule is CN(C)C=CC(=O)c1cnc(N(Cc2c(F)ccc3c2CCO3)C(=O)O)n2cc(C#N)nc12. The van der Waals surface area contributed by atoms with Crippen molar-refractivity contribution in [1.82, 2.24) is 19.3 Å². The number of imidazole rings is 1. The lowest BCUT2D eigenvalue weighted by Crippen LogP contribution is -2.32. The topological polar surface area (TPSA) is 124 Å². The lowest BCUT2D eigenvalue weighted by atomic mass is 10.0. The molecule has 3 aromatic rings. The number of benzene rings is 1. The van der Waals surface area contributed by atoms with E-state index in [1.54, 1.807) is 25.2 Å².